The van der Waals surface area contributed by atoms with E-state index in [0.717, 1.165) is 38.5 Å². The van der Waals surface area contributed by atoms with Crippen LogP contribution in [0.1, 0.15) is 89.0 Å². The number of hydrogen-bond donors (Lipinski definition) is 2. The lowest BCUT2D eigenvalue weighted by atomic mass is 9.84. The molecule has 0 heterocycles. The minimum atomic E-state index is -0.777. The van der Waals surface area contributed by atoms with Crippen molar-refractivity contribution >= 4 is 11.9 Å². The van der Waals surface area contributed by atoms with E-state index in [1.165, 1.54) is 37.7 Å². The molecule has 0 bridgehead atoms. The molecular weight excluding hydrogens is 350 g/mol. The molecule has 1 aliphatic carbocycles. The molecular formula is C24H37NO3. The minimum Gasteiger partial charge on any atom is -0.481 e. The Hall–Kier alpha value is -1.84. The van der Waals surface area contributed by atoms with Gasteiger partial charge in [0.15, 0.2) is 0 Å². The molecule has 1 aromatic carbocycles. The number of nitrogens with one attached hydrogen (secondary N) is 1. The number of unbranched alkanes of at least 4 members (excludes halogenated alkanes) is 3. The van der Waals surface area contributed by atoms with Crippen molar-refractivity contribution in [1.29, 1.82) is 0 Å². The molecule has 0 spiro atoms. The number of carboxylic acid groups (broad SMARTS) is 1. The summed E-state index contributed by atoms with van der Waals surface area (Å²) in [5, 5.41) is 12.1. The first-order valence-corrected chi connectivity index (χ1v) is 11.2. The molecule has 1 saturated carbocycles. The van der Waals surface area contributed by atoms with E-state index in [0.29, 0.717) is 18.8 Å². The third-order valence-electron chi connectivity index (χ3n) is 5.88. The number of carbonyl (C=O) groups is 2. The average molecular weight is 388 g/mol. The first-order chi connectivity index (χ1) is 13.6. The van der Waals surface area contributed by atoms with E-state index in [9.17, 15) is 9.59 Å². The van der Waals surface area contributed by atoms with Gasteiger partial charge in [-0.1, -0.05) is 75.3 Å². The Balaban J connectivity index is 1.61. The second-order valence-corrected chi connectivity index (χ2v) is 8.34. The fourth-order valence-electron chi connectivity index (χ4n) is 4.28. The van der Waals surface area contributed by atoms with Crippen molar-refractivity contribution in [2.75, 3.05) is 0 Å². The molecule has 2 rings (SSSR count). The van der Waals surface area contributed by atoms with Gasteiger partial charge in [0.05, 0.1) is 0 Å². The van der Waals surface area contributed by atoms with E-state index < -0.39 is 5.97 Å². The second-order valence-electron chi connectivity index (χ2n) is 8.34. The third kappa shape index (κ3) is 9.91. The Bertz CT molecular complexity index is 566. The highest BCUT2D eigenvalue weighted by Gasteiger charge is 2.21. The van der Waals surface area contributed by atoms with Gasteiger partial charge in [0.25, 0.3) is 0 Å². The lowest BCUT2D eigenvalue weighted by Gasteiger charge is -2.27. The van der Waals surface area contributed by atoms with E-state index in [1.807, 2.05) is 6.07 Å². The maximum Gasteiger partial charge on any atom is 0.303 e. The van der Waals surface area contributed by atoms with Gasteiger partial charge in [0.1, 0.15) is 0 Å². The molecule has 0 saturated heterocycles. The van der Waals surface area contributed by atoms with Gasteiger partial charge in [0.2, 0.25) is 5.91 Å². The quantitative estimate of drug-likeness (QED) is 0.439. The van der Waals surface area contributed by atoms with Gasteiger partial charge in [-0.15, -0.1) is 0 Å². The Morgan fingerprint density at radius 3 is 2.39 bits per heavy atom. The van der Waals surface area contributed by atoms with Crippen LogP contribution in [0.4, 0.5) is 0 Å². The summed E-state index contributed by atoms with van der Waals surface area (Å²) >= 11 is 0. The third-order valence-corrected chi connectivity index (χ3v) is 5.88. The number of amides is 1. The van der Waals surface area contributed by atoms with Crippen LogP contribution in [0.2, 0.25) is 0 Å². The largest absolute Gasteiger partial charge is 0.481 e. The van der Waals surface area contributed by atoms with E-state index in [-0.39, 0.29) is 18.4 Å². The molecule has 28 heavy (non-hydrogen) atoms. The summed E-state index contributed by atoms with van der Waals surface area (Å²) in [6.07, 6.45) is 13.9. The highest BCUT2D eigenvalue weighted by atomic mass is 16.4. The monoisotopic (exact) mass is 387 g/mol. The molecule has 0 aliphatic heterocycles. The predicted octanol–water partition coefficient (Wildman–Crippen LogP) is 5.50. The Morgan fingerprint density at radius 1 is 0.964 bits per heavy atom. The number of benzene rings is 1. The fraction of sp³-hybridized carbons (Fsp3) is 0.667. The molecule has 4 nitrogen and oxygen atoms in total. The van der Waals surface area contributed by atoms with Gasteiger partial charge in [0, 0.05) is 18.9 Å². The topological polar surface area (TPSA) is 66.4 Å². The molecule has 2 N–H and O–H groups in total. The standard InChI is InChI=1S/C24H37NO3/c26-23(16-10-2-1-5-11-20-12-6-3-7-13-20)25-22(17-18-24(27)28)19-21-14-8-4-9-15-21/h3,6-7,12-13,21-22H,1-2,4-5,8-11,14-19H2,(H,25,26)(H,27,28)/t22-/m0/s1. The Kier molecular flexibility index (Phi) is 10.7. The van der Waals surface area contributed by atoms with E-state index >= 15 is 0 Å². The van der Waals surface area contributed by atoms with Crippen molar-refractivity contribution in [3.8, 4) is 0 Å². The molecule has 1 aromatic rings. The van der Waals surface area contributed by atoms with Crippen molar-refractivity contribution in [1.82, 2.24) is 5.32 Å². The second kappa shape index (κ2) is 13.4. The summed E-state index contributed by atoms with van der Waals surface area (Å²) in [5.74, 6) is -0.0404. The first-order valence-electron chi connectivity index (χ1n) is 11.2. The smallest absolute Gasteiger partial charge is 0.303 e. The zero-order chi connectivity index (χ0) is 20.0. The van der Waals surface area contributed by atoms with Crippen molar-refractivity contribution in [2.24, 2.45) is 5.92 Å². The molecule has 1 amide bonds. The van der Waals surface area contributed by atoms with Crippen LogP contribution in [-0.4, -0.2) is 23.0 Å². The summed E-state index contributed by atoms with van der Waals surface area (Å²) in [4.78, 5) is 23.3. The molecule has 1 atom stereocenters. The van der Waals surface area contributed by atoms with Gasteiger partial charge >= 0.3 is 5.97 Å². The summed E-state index contributed by atoms with van der Waals surface area (Å²) in [7, 11) is 0. The molecule has 4 heteroatoms. The lowest BCUT2D eigenvalue weighted by Crippen LogP contribution is -2.37. The first kappa shape index (κ1) is 22.4. The molecule has 0 unspecified atom stereocenters. The molecule has 1 aliphatic rings. The predicted molar refractivity (Wildman–Crippen MR) is 113 cm³/mol. The molecule has 0 radical (unpaired) electrons. The summed E-state index contributed by atoms with van der Waals surface area (Å²) < 4.78 is 0. The van der Waals surface area contributed by atoms with Gasteiger partial charge in [-0.2, -0.15) is 0 Å². The molecule has 0 aromatic heterocycles. The normalized spacial score (nSPS) is 15.9. The van der Waals surface area contributed by atoms with Crippen LogP contribution in [0.5, 0.6) is 0 Å². The van der Waals surface area contributed by atoms with Crippen LogP contribution in [0.15, 0.2) is 30.3 Å². The van der Waals surface area contributed by atoms with Crippen molar-refractivity contribution < 1.29 is 14.7 Å². The number of carbonyl (C=O) groups excluding carboxylic acids is 1. The van der Waals surface area contributed by atoms with Crippen molar-refractivity contribution in [3.63, 3.8) is 0 Å². The number of rotatable bonds is 13. The van der Waals surface area contributed by atoms with Crippen molar-refractivity contribution in [2.45, 2.75) is 95.9 Å². The van der Waals surface area contributed by atoms with Crippen LogP contribution >= 0.6 is 0 Å². The number of aryl methyl sites for hydroxylation is 1. The Labute approximate surface area is 170 Å². The average Bonchev–Trinajstić information content (AvgIpc) is 2.70. The summed E-state index contributed by atoms with van der Waals surface area (Å²) in [6, 6.07) is 10.5. The summed E-state index contributed by atoms with van der Waals surface area (Å²) in [6.45, 7) is 0. The van der Waals surface area contributed by atoms with Crippen LogP contribution < -0.4 is 5.32 Å². The zero-order valence-corrected chi connectivity index (χ0v) is 17.2. The van der Waals surface area contributed by atoms with Gasteiger partial charge in [-0.25, -0.2) is 0 Å². The highest BCUT2D eigenvalue weighted by molar-refractivity contribution is 5.76. The van der Waals surface area contributed by atoms with Gasteiger partial charge < -0.3 is 10.4 Å². The van der Waals surface area contributed by atoms with Gasteiger partial charge in [-0.05, 0) is 43.6 Å². The van der Waals surface area contributed by atoms with E-state index in [2.05, 4.69) is 29.6 Å². The van der Waals surface area contributed by atoms with Crippen LogP contribution in [0.25, 0.3) is 0 Å². The van der Waals surface area contributed by atoms with Gasteiger partial charge in [-0.3, -0.25) is 9.59 Å². The SMILES string of the molecule is O=C(O)CC[C@@H](CC1CCCCC1)NC(=O)CCCCCCc1ccccc1. The molecule has 156 valence electrons. The highest BCUT2D eigenvalue weighted by Crippen LogP contribution is 2.28. The van der Waals surface area contributed by atoms with E-state index in [1.54, 1.807) is 0 Å². The molecule has 1 fully saturated rings. The minimum absolute atomic E-state index is 0.0183. The van der Waals surface area contributed by atoms with E-state index in [4.69, 9.17) is 5.11 Å². The number of aliphatic carboxylic acids is 1. The van der Waals surface area contributed by atoms with Crippen molar-refractivity contribution in [3.05, 3.63) is 35.9 Å². The van der Waals surface area contributed by atoms with Crippen LogP contribution in [0, 0.1) is 5.92 Å². The Morgan fingerprint density at radius 2 is 1.68 bits per heavy atom. The number of carboxylic acids is 1. The van der Waals surface area contributed by atoms with Crippen LogP contribution in [0.3, 0.4) is 0 Å². The zero-order valence-electron chi connectivity index (χ0n) is 17.2. The lowest BCUT2D eigenvalue weighted by molar-refractivity contribution is -0.137. The summed E-state index contributed by atoms with van der Waals surface area (Å²) in [5.41, 5.74) is 1.38. The number of hydrogen-bond acceptors (Lipinski definition) is 2. The maximum atomic E-state index is 12.3. The fourth-order valence-corrected chi connectivity index (χ4v) is 4.28. The maximum absolute atomic E-state index is 12.3. The van der Waals surface area contributed by atoms with Crippen LogP contribution in [-0.2, 0) is 16.0 Å².